The van der Waals surface area contributed by atoms with E-state index < -0.39 is 0 Å². The molecular weight excluding hydrogens is 369 g/mol. The first-order chi connectivity index (χ1) is 14.1. The molecule has 0 amide bonds. The lowest BCUT2D eigenvalue weighted by molar-refractivity contribution is 0.626. The van der Waals surface area contributed by atoms with Crippen LogP contribution in [0.25, 0.3) is 11.4 Å². The van der Waals surface area contributed by atoms with Gasteiger partial charge in [0.25, 0.3) is 0 Å². The zero-order valence-corrected chi connectivity index (χ0v) is 15.6. The van der Waals surface area contributed by atoms with Gasteiger partial charge in [0.1, 0.15) is 23.1 Å². The first-order valence-electron chi connectivity index (χ1n) is 8.99. The second kappa shape index (κ2) is 7.97. The van der Waals surface area contributed by atoms with Crippen LogP contribution in [0.1, 0.15) is 24.0 Å². The summed E-state index contributed by atoms with van der Waals surface area (Å²) >= 11 is 0. The van der Waals surface area contributed by atoms with Crippen molar-refractivity contribution >= 4 is 17.6 Å². The zero-order valence-electron chi connectivity index (χ0n) is 15.6. The molecule has 0 bridgehead atoms. The van der Waals surface area contributed by atoms with Crippen molar-refractivity contribution in [2.24, 2.45) is 0 Å². The number of benzene rings is 1. The fraction of sp³-hybridized carbons (Fsp3) is 0.0952. The Bertz CT molecular complexity index is 1100. The lowest BCUT2D eigenvalue weighted by Gasteiger charge is -2.20. The van der Waals surface area contributed by atoms with E-state index in [9.17, 15) is 4.39 Å². The van der Waals surface area contributed by atoms with Crippen LogP contribution >= 0.6 is 0 Å². The number of nitrogens with zero attached hydrogens (tertiary/aromatic N) is 5. The SMILES string of the molecule is CC(c1ccc(F)cc1)c1c(Nc2cnccn2)nc(N)nc1-c1ccccn1. The van der Waals surface area contributed by atoms with E-state index in [4.69, 9.17) is 5.73 Å². The van der Waals surface area contributed by atoms with Crippen molar-refractivity contribution in [2.75, 3.05) is 11.1 Å². The van der Waals surface area contributed by atoms with Crippen LogP contribution in [-0.4, -0.2) is 24.9 Å². The number of halogens is 1. The second-order valence-corrected chi connectivity index (χ2v) is 6.40. The van der Waals surface area contributed by atoms with Crippen LogP contribution in [0.5, 0.6) is 0 Å². The van der Waals surface area contributed by atoms with Gasteiger partial charge < -0.3 is 11.1 Å². The fourth-order valence-corrected chi connectivity index (χ4v) is 3.09. The molecular formula is C21H18FN7. The topological polar surface area (TPSA) is 102 Å². The van der Waals surface area contributed by atoms with Gasteiger partial charge in [-0.25, -0.2) is 14.4 Å². The van der Waals surface area contributed by atoms with Crippen molar-refractivity contribution < 1.29 is 4.39 Å². The molecule has 29 heavy (non-hydrogen) atoms. The van der Waals surface area contributed by atoms with Crippen LogP contribution in [0.3, 0.4) is 0 Å². The largest absolute Gasteiger partial charge is 0.368 e. The highest BCUT2D eigenvalue weighted by molar-refractivity contribution is 5.72. The fourth-order valence-electron chi connectivity index (χ4n) is 3.09. The Balaban J connectivity index is 1.90. The van der Waals surface area contributed by atoms with E-state index in [-0.39, 0.29) is 17.7 Å². The van der Waals surface area contributed by atoms with Gasteiger partial charge in [-0.1, -0.05) is 25.1 Å². The monoisotopic (exact) mass is 387 g/mol. The molecule has 0 aliphatic rings. The quantitative estimate of drug-likeness (QED) is 0.534. The summed E-state index contributed by atoms with van der Waals surface area (Å²) in [5, 5.41) is 3.18. The minimum Gasteiger partial charge on any atom is -0.368 e. The molecule has 4 rings (SSSR count). The van der Waals surface area contributed by atoms with Crippen molar-refractivity contribution in [3.05, 3.63) is 84.2 Å². The third-order valence-electron chi connectivity index (χ3n) is 4.48. The summed E-state index contributed by atoms with van der Waals surface area (Å²) in [6.45, 7) is 2.00. The van der Waals surface area contributed by atoms with Gasteiger partial charge in [-0.15, -0.1) is 0 Å². The third-order valence-corrected chi connectivity index (χ3v) is 4.48. The average Bonchev–Trinajstić information content (AvgIpc) is 2.75. The van der Waals surface area contributed by atoms with Crippen LogP contribution in [0.15, 0.2) is 67.3 Å². The molecule has 144 valence electrons. The molecule has 0 fully saturated rings. The number of anilines is 3. The van der Waals surface area contributed by atoms with Gasteiger partial charge >= 0.3 is 0 Å². The predicted molar refractivity (Wildman–Crippen MR) is 109 cm³/mol. The van der Waals surface area contributed by atoms with Crippen molar-refractivity contribution in [1.29, 1.82) is 0 Å². The molecule has 1 aromatic carbocycles. The number of nitrogens with two attached hydrogens (primary N) is 1. The Kier molecular flexibility index (Phi) is 5.07. The standard InChI is InChI=1S/C21H18FN7/c1-13(14-5-7-15(22)8-6-14)18-19(16-4-2-3-9-25-16)28-21(23)29-20(18)27-17-12-24-10-11-26-17/h2-13H,1H3,(H3,23,26,27,28,29). The van der Waals surface area contributed by atoms with Crippen molar-refractivity contribution in [3.8, 4) is 11.4 Å². The van der Waals surface area contributed by atoms with Crippen LogP contribution in [0.2, 0.25) is 0 Å². The number of aromatic nitrogens is 5. The van der Waals surface area contributed by atoms with Gasteiger partial charge in [0.15, 0.2) is 0 Å². The van der Waals surface area contributed by atoms with Crippen LogP contribution < -0.4 is 11.1 Å². The van der Waals surface area contributed by atoms with E-state index in [2.05, 4.69) is 30.2 Å². The van der Waals surface area contributed by atoms with Gasteiger partial charge in [-0.2, -0.15) is 4.98 Å². The highest BCUT2D eigenvalue weighted by Gasteiger charge is 2.23. The molecule has 1 atom stereocenters. The molecule has 8 heteroatoms. The van der Waals surface area contributed by atoms with Crippen LogP contribution in [0.4, 0.5) is 22.0 Å². The van der Waals surface area contributed by atoms with E-state index in [1.165, 1.54) is 12.1 Å². The van der Waals surface area contributed by atoms with E-state index in [0.717, 1.165) is 11.1 Å². The number of hydrogen-bond donors (Lipinski definition) is 2. The molecule has 4 aromatic rings. The molecule has 0 radical (unpaired) electrons. The lowest BCUT2D eigenvalue weighted by atomic mass is 9.91. The Hall–Kier alpha value is -3.94. The summed E-state index contributed by atoms with van der Waals surface area (Å²) in [5.74, 6) is 0.650. The number of nitrogen functional groups attached to an aromatic ring is 1. The number of nitrogens with one attached hydrogen (secondary N) is 1. The summed E-state index contributed by atoms with van der Waals surface area (Å²) in [5.41, 5.74) is 8.94. The van der Waals surface area contributed by atoms with E-state index in [1.807, 2.05) is 25.1 Å². The predicted octanol–water partition coefficient (Wildman–Crippen LogP) is 3.95. The molecule has 0 spiro atoms. The smallest absolute Gasteiger partial charge is 0.222 e. The van der Waals surface area contributed by atoms with Crippen molar-refractivity contribution in [2.45, 2.75) is 12.8 Å². The summed E-state index contributed by atoms with van der Waals surface area (Å²) < 4.78 is 13.4. The maximum absolute atomic E-state index is 13.4. The van der Waals surface area contributed by atoms with Crippen LogP contribution in [-0.2, 0) is 0 Å². The number of rotatable bonds is 5. The molecule has 3 heterocycles. The molecule has 3 N–H and O–H groups in total. The van der Waals surface area contributed by atoms with Gasteiger partial charge in [0.2, 0.25) is 5.95 Å². The van der Waals surface area contributed by atoms with E-state index >= 15 is 0 Å². The summed E-state index contributed by atoms with van der Waals surface area (Å²) in [6.07, 6.45) is 6.44. The second-order valence-electron chi connectivity index (χ2n) is 6.40. The van der Waals surface area contributed by atoms with Gasteiger partial charge in [0, 0.05) is 30.1 Å². The Morgan fingerprint density at radius 3 is 2.48 bits per heavy atom. The molecule has 7 nitrogen and oxygen atoms in total. The molecule has 0 aliphatic heterocycles. The Morgan fingerprint density at radius 2 is 1.79 bits per heavy atom. The first kappa shape index (κ1) is 18.4. The van der Waals surface area contributed by atoms with Crippen molar-refractivity contribution in [1.82, 2.24) is 24.9 Å². The zero-order chi connectivity index (χ0) is 20.2. The van der Waals surface area contributed by atoms with Crippen molar-refractivity contribution in [3.63, 3.8) is 0 Å². The lowest BCUT2D eigenvalue weighted by Crippen LogP contribution is -2.11. The maximum atomic E-state index is 13.4. The number of hydrogen-bond acceptors (Lipinski definition) is 7. The van der Waals surface area contributed by atoms with Gasteiger partial charge in [0.05, 0.1) is 11.9 Å². The van der Waals surface area contributed by atoms with E-state index in [1.54, 1.807) is 36.9 Å². The Labute approximate surface area is 166 Å². The van der Waals surface area contributed by atoms with Gasteiger partial charge in [-0.3, -0.25) is 9.97 Å². The minimum atomic E-state index is -0.294. The summed E-state index contributed by atoms with van der Waals surface area (Å²) in [6, 6.07) is 11.9. The molecule has 0 saturated heterocycles. The van der Waals surface area contributed by atoms with E-state index in [0.29, 0.717) is 23.0 Å². The maximum Gasteiger partial charge on any atom is 0.222 e. The summed E-state index contributed by atoms with van der Waals surface area (Å²) in [7, 11) is 0. The Morgan fingerprint density at radius 1 is 0.966 bits per heavy atom. The first-order valence-corrected chi connectivity index (χ1v) is 8.99. The summed E-state index contributed by atoms with van der Waals surface area (Å²) in [4.78, 5) is 21.6. The molecule has 0 saturated carbocycles. The van der Waals surface area contributed by atoms with Crippen LogP contribution in [0, 0.1) is 5.82 Å². The highest BCUT2D eigenvalue weighted by Crippen LogP contribution is 2.37. The average molecular weight is 387 g/mol. The molecule has 1 unspecified atom stereocenters. The highest BCUT2D eigenvalue weighted by atomic mass is 19.1. The molecule has 0 aliphatic carbocycles. The minimum absolute atomic E-state index is 0.104. The normalized spacial score (nSPS) is 11.8. The third kappa shape index (κ3) is 4.01. The molecule has 3 aromatic heterocycles. The number of pyridine rings is 1. The van der Waals surface area contributed by atoms with Gasteiger partial charge in [-0.05, 0) is 29.8 Å².